The van der Waals surface area contributed by atoms with Gasteiger partial charge in [0.1, 0.15) is 0 Å². The molecule has 2 aromatic rings. The van der Waals surface area contributed by atoms with E-state index in [9.17, 15) is 9.59 Å². The SMILES string of the molecule is O=C(NCc1ccc(CN2CCc3ccccc32)cc1)C1CCN(C(=O)C2CC2)CC1. The van der Waals surface area contributed by atoms with E-state index in [1.165, 1.54) is 16.8 Å². The lowest BCUT2D eigenvalue weighted by molar-refractivity contribution is -0.136. The number of benzene rings is 2. The van der Waals surface area contributed by atoms with Gasteiger partial charge in [-0.25, -0.2) is 0 Å². The zero-order chi connectivity index (χ0) is 21.2. The second-order valence-corrected chi connectivity index (χ2v) is 9.21. The van der Waals surface area contributed by atoms with E-state index < -0.39 is 0 Å². The highest BCUT2D eigenvalue weighted by Crippen LogP contribution is 2.32. The molecule has 1 N–H and O–H groups in total. The Balaban J connectivity index is 1.08. The summed E-state index contributed by atoms with van der Waals surface area (Å²) in [6.45, 7) is 4.00. The van der Waals surface area contributed by atoms with Crippen LogP contribution in [-0.4, -0.2) is 36.3 Å². The van der Waals surface area contributed by atoms with Crippen LogP contribution in [0.25, 0.3) is 0 Å². The third-order valence-corrected chi connectivity index (χ3v) is 6.95. The van der Waals surface area contributed by atoms with Gasteiger partial charge in [0, 0.05) is 50.2 Å². The van der Waals surface area contributed by atoms with Crippen LogP contribution >= 0.6 is 0 Å². The molecule has 2 aromatic carbocycles. The van der Waals surface area contributed by atoms with E-state index in [4.69, 9.17) is 0 Å². The first-order valence-electron chi connectivity index (χ1n) is 11.6. The molecule has 0 bridgehead atoms. The molecule has 0 unspecified atom stereocenters. The number of nitrogens with zero attached hydrogens (tertiary/aromatic N) is 2. The number of piperidine rings is 1. The normalized spacial score (nSPS) is 18.7. The fraction of sp³-hybridized carbons (Fsp3) is 0.462. The summed E-state index contributed by atoms with van der Waals surface area (Å²) in [4.78, 5) is 29.1. The average Bonchev–Trinajstić information content (AvgIpc) is 3.59. The molecule has 3 aliphatic rings. The van der Waals surface area contributed by atoms with Crippen LogP contribution in [-0.2, 0) is 29.1 Å². The highest BCUT2D eigenvalue weighted by atomic mass is 16.2. The number of anilines is 1. The van der Waals surface area contributed by atoms with Gasteiger partial charge in [0.25, 0.3) is 0 Å². The van der Waals surface area contributed by atoms with Gasteiger partial charge in [-0.1, -0.05) is 42.5 Å². The zero-order valence-electron chi connectivity index (χ0n) is 18.1. The molecule has 5 rings (SSSR count). The smallest absolute Gasteiger partial charge is 0.225 e. The Hall–Kier alpha value is -2.82. The third-order valence-electron chi connectivity index (χ3n) is 6.95. The molecule has 1 saturated heterocycles. The first-order valence-corrected chi connectivity index (χ1v) is 11.6. The molecule has 2 aliphatic heterocycles. The molecular formula is C26H31N3O2. The largest absolute Gasteiger partial charge is 0.367 e. The Morgan fingerprint density at radius 2 is 1.55 bits per heavy atom. The summed E-state index contributed by atoms with van der Waals surface area (Å²) in [6, 6.07) is 17.2. The zero-order valence-corrected chi connectivity index (χ0v) is 18.1. The van der Waals surface area contributed by atoms with Crippen molar-refractivity contribution < 1.29 is 9.59 Å². The summed E-state index contributed by atoms with van der Waals surface area (Å²) >= 11 is 0. The minimum atomic E-state index is 0.0257. The minimum absolute atomic E-state index is 0.0257. The van der Waals surface area contributed by atoms with E-state index >= 15 is 0 Å². The molecular weight excluding hydrogens is 386 g/mol. The molecule has 0 aromatic heterocycles. The lowest BCUT2D eigenvalue weighted by atomic mass is 9.95. The Kier molecular flexibility index (Phi) is 5.66. The second kappa shape index (κ2) is 8.74. The Bertz CT molecular complexity index is 943. The maximum atomic E-state index is 12.6. The molecule has 0 spiro atoms. The first-order chi connectivity index (χ1) is 15.2. The van der Waals surface area contributed by atoms with Crippen LogP contribution in [0.3, 0.4) is 0 Å². The van der Waals surface area contributed by atoms with Crippen LogP contribution in [0, 0.1) is 11.8 Å². The maximum Gasteiger partial charge on any atom is 0.225 e. The van der Waals surface area contributed by atoms with Gasteiger partial charge in [-0.2, -0.15) is 0 Å². The lowest BCUT2D eigenvalue weighted by Gasteiger charge is -2.31. The highest BCUT2D eigenvalue weighted by molar-refractivity contribution is 5.82. The fourth-order valence-corrected chi connectivity index (χ4v) is 4.84. The van der Waals surface area contributed by atoms with Gasteiger partial charge < -0.3 is 15.1 Å². The van der Waals surface area contributed by atoms with Crippen molar-refractivity contribution in [1.82, 2.24) is 10.2 Å². The average molecular weight is 418 g/mol. The maximum absolute atomic E-state index is 12.6. The molecule has 1 saturated carbocycles. The molecule has 2 amide bonds. The topological polar surface area (TPSA) is 52.7 Å². The number of carbonyl (C=O) groups excluding carboxylic acids is 2. The molecule has 5 nitrogen and oxygen atoms in total. The summed E-state index contributed by atoms with van der Waals surface area (Å²) in [5.41, 5.74) is 5.20. The van der Waals surface area contributed by atoms with Crippen LogP contribution in [0.2, 0.25) is 0 Å². The van der Waals surface area contributed by atoms with Crippen LogP contribution in [0.15, 0.2) is 48.5 Å². The van der Waals surface area contributed by atoms with Crippen molar-refractivity contribution in [3.8, 4) is 0 Å². The number of rotatable bonds is 6. The monoisotopic (exact) mass is 417 g/mol. The van der Waals surface area contributed by atoms with Gasteiger partial charge in [-0.05, 0) is 54.9 Å². The highest BCUT2D eigenvalue weighted by Gasteiger charge is 2.35. The fourth-order valence-electron chi connectivity index (χ4n) is 4.84. The molecule has 5 heteroatoms. The van der Waals surface area contributed by atoms with Gasteiger partial charge >= 0.3 is 0 Å². The third kappa shape index (κ3) is 4.60. The standard InChI is InChI=1S/C26H31N3O2/c30-25(22-12-14-28(15-13-22)26(31)23-9-10-23)27-17-19-5-7-20(8-6-19)18-29-16-11-21-3-1-2-4-24(21)29/h1-8,22-23H,9-18H2,(H,27,30). The van der Waals surface area contributed by atoms with Crippen molar-refractivity contribution in [3.63, 3.8) is 0 Å². The van der Waals surface area contributed by atoms with Crippen LogP contribution in [0.4, 0.5) is 5.69 Å². The summed E-state index contributed by atoms with van der Waals surface area (Å²) in [5, 5.41) is 3.10. The summed E-state index contributed by atoms with van der Waals surface area (Å²) in [7, 11) is 0. The predicted octanol–water partition coefficient (Wildman–Crippen LogP) is 3.51. The van der Waals surface area contributed by atoms with Crippen LogP contribution < -0.4 is 10.2 Å². The molecule has 1 aliphatic carbocycles. The first kappa shape index (κ1) is 20.1. The Labute approximate surface area is 184 Å². The van der Waals surface area contributed by atoms with Crippen molar-refractivity contribution in [2.75, 3.05) is 24.5 Å². The number of amides is 2. The van der Waals surface area contributed by atoms with Crippen molar-refractivity contribution in [2.24, 2.45) is 11.8 Å². The quantitative estimate of drug-likeness (QED) is 0.783. The summed E-state index contributed by atoms with van der Waals surface area (Å²) in [5.74, 6) is 0.721. The number of hydrogen-bond donors (Lipinski definition) is 1. The van der Waals surface area contributed by atoms with E-state index in [-0.39, 0.29) is 17.7 Å². The van der Waals surface area contributed by atoms with Crippen molar-refractivity contribution >= 4 is 17.5 Å². The van der Waals surface area contributed by atoms with Gasteiger partial charge in [-0.3, -0.25) is 9.59 Å². The molecule has 2 fully saturated rings. The number of para-hydroxylation sites is 1. The van der Waals surface area contributed by atoms with E-state index in [1.54, 1.807) is 0 Å². The number of nitrogens with one attached hydrogen (secondary N) is 1. The number of fused-ring (bicyclic) bond motifs is 1. The molecule has 0 radical (unpaired) electrons. The number of carbonyl (C=O) groups is 2. The van der Waals surface area contributed by atoms with E-state index in [0.29, 0.717) is 12.5 Å². The summed E-state index contributed by atoms with van der Waals surface area (Å²) in [6.07, 6.45) is 4.77. The predicted molar refractivity (Wildman–Crippen MR) is 122 cm³/mol. The summed E-state index contributed by atoms with van der Waals surface area (Å²) < 4.78 is 0. The van der Waals surface area contributed by atoms with E-state index in [2.05, 4.69) is 58.7 Å². The van der Waals surface area contributed by atoms with Gasteiger partial charge in [0.05, 0.1) is 0 Å². The molecule has 31 heavy (non-hydrogen) atoms. The van der Waals surface area contributed by atoms with Crippen LogP contribution in [0.1, 0.15) is 42.4 Å². The van der Waals surface area contributed by atoms with Gasteiger partial charge in [0.15, 0.2) is 0 Å². The van der Waals surface area contributed by atoms with Crippen LogP contribution in [0.5, 0.6) is 0 Å². The van der Waals surface area contributed by atoms with E-state index in [0.717, 1.165) is 63.8 Å². The lowest BCUT2D eigenvalue weighted by Crippen LogP contribution is -2.43. The van der Waals surface area contributed by atoms with Crippen molar-refractivity contribution in [2.45, 2.75) is 45.2 Å². The van der Waals surface area contributed by atoms with Crippen molar-refractivity contribution in [1.29, 1.82) is 0 Å². The number of hydrogen-bond acceptors (Lipinski definition) is 3. The second-order valence-electron chi connectivity index (χ2n) is 9.21. The van der Waals surface area contributed by atoms with E-state index in [1.807, 2.05) is 4.90 Å². The molecule has 2 heterocycles. The Morgan fingerprint density at radius 3 is 2.29 bits per heavy atom. The minimum Gasteiger partial charge on any atom is -0.367 e. The van der Waals surface area contributed by atoms with Gasteiger partial charge in [0.2, 0.25) is 11.8 Å². The molecule has 0 atom stereocenters. The van der Waals surface area contributed by atoms with Crippen molar-refractivity contribution in [3.05, 3.63) is 65.2 Å². The molecule has 162 valence electrons. The van der Waals surface area contributed by atoms with Gasteiger partial charge in [-0.15, -0.1) is 0 Å². The number of likely N-dealkylation sites (tertiary alicyclic amines) is 1. The Morgan fingerprint density at radius 1 is 0.839 bits per heavy atom.